The second kappa shape index (κ2) is 11.7. The van der Waals surface area contributed by atoms with Crippen molar-refractivity contribution in [1.29, 1.82) is 0 Å². The number of hydrogen-bond donors (Lipinski definition) is 3. The number of quaternary nitrogens is 1. The lowest BCUT2D eigenvalue weighted by atomic mass is 9.93. The quantitative estimate of drug-likeness (QED) is 0.489. The van der Waals surface area contributed by atoms with Crippen molar-refractivity contribution in [3.63, 3.8) is 0 Å². The standard InChI is InChI=1S/C28H35N3O2S/c1-3-20(2)31(23-12-8-5-9-13-23)17-16-29-27(32)22-14-15-25-24(19-22)30-28(33)26(34-25)18-21-10-6-4-7-11-21/h4,6-7,10-11,14-15,18-20,23H,3,5,8-9,12-13,16-17H2,1-2H3,(H,29,32)(H,30,33)/p+1. The van der Waals surface area contributed by atoms with E-state index in [0.29, 0.717) is 28.7 Å². The van der Waals surface area contributed by atoms with E-state index in [4.69, 9.17) is 0 Å². The van der Waals surface area contributed by atoms with Crippen LogP contribution in [0, 0.1) is 0 Å². The van der Waals surface area contributed by atoms with Gasteiger partial charge < -0.3 is 15.5 Å². The smallest absolute Gasteiger partial charge is 0.262 e. The van der Waals surface area contributed by atoms with Crippen LogP contribution in [-0.4, -0.2) is 37.0 Å². The Bertz CT molecular complexity index is 1030. The second-order valence-corrected chi connectivity index (χ2v) is 10.5. The summed E-state index contributed by atoms with van der Waals surface area (Å²) in [5, 5.41) is 6.07. The molecule has 0 spiro atoms. The van der Waals surface area contributed by atoms with Gasteiger partial charge in [0.15, 0.2) is 0 Å². The summed E-state index contributed by atoms with van der Waals surface area (Å²) in [6.07, 6.45) is 9.67. The molecule has 2 aromatic carbocycles. The number of hydrogen-bond acceptors (Lipinski definition) is 3. The van der Waals surface area contributed by atoms with Crippen molar-refractivity contribution in [1.82, 2.24) is 5.32 Å². The molecule has 0 aromatic heterocycles. The number of carbonyl (C=O) groups is 2. The first-order chi connectivity index (χ1) is 16.5. The van der Waals surface area contributed by atoms with Crippen LogP contribution in [0.5, 0.6) is 0 Å². The maximum Gasteiger partial charge on any atom is 0.262 e. The van der Waals surface area contributed by atoms with E-state index in [1.54, 1.807) is 11.0 Å². The minimum Gasteiger partial charge on any atom is -0.346 e. The number of anilines is 1. The summed E-state index contributed by atoms with van der Waals surface area (Å²) < 4.78 is 0. The Morgan fingerprint density at radius 3 is 2.68 bits per heavy atom. The van der Waals surface area contributed by atoms with Gasteiger partial charge in [0.1, 0.15) is 0 Å². The zero-order valence-corrected chi connectivity index (χ0v) is 21.0. The average Bonchev–Trinajstić information content (AvgIpc) is 2.87. The summed E-state index contributed by atoms with van der Waals surface area (Å²) in [5.41, 5.74) is 2.27. The molecule has 4 rings (SSSR count). The first-order valence-corrected chi connectivity index (χ1v) is 13.4. The van der Waals surface area contributed by atoms with Crippen molar-refractivity contribution < 1.29 is 14.5 Å². The molecule has 3 N–H and O–H groups in total. The minimum atomic E-state index is -0.140. The highest BCUT2D eigenvalue weighted by molar-refractivity contribution is 8.04. The zero-order valence-electron chi connectivity index (χ0n) is 20.2. The summed E-state index contributed by atoms with van der Waals surface area (Å²) in [7, 11) is 0. The fraction of sp³-hybridized carbons (Fsp3) is 0.429. The molecule has 1 aliphatic carbocycles. The van der Waals surface area contributed by atoms with Gasteiger partial charge in [-0.25, -0.2) is 0 Å². The van der Waals surface area contributed by atoms with E-state index in [0.717, 1.165) is 29.5 Å². The highest BCUT2D eigenvalue weighted by Gasteiger charge is 2.28. The van der Waals surface area contributed by atoms with Gasteiger partial charge in [0.05, 0.1) is 35.8 Å². The molecule has 6 heteroatoms. The first-order valence-electron chi connectivity index (χ1n) is 12.6. The molecule has 34 heavy (non-hydrogen) atoms. The predicted octanol–water partition coefficient (Wildman–Crippen LogP) is 4.52. The summed E-state index contributed by atoms with van der Waals surface area (Å²) in [4.78, 5) is 28.7. The number of thioether (sulfide) groups is 1. The van der Waals surface area contributed by atoms with Crippen LogP contribution in [0.4, 0.5) is 5.69 Å². The van der Waals surface area contributed by atoms with E-state index >= 15 is 0 Å². The Labute approximate surface area is 207 Å². The normalized spacial score (nSPS) is 19.2. The Morgan fingerprint density at radius 2 is 1.94 bits per heavy atom. The van der Waals surface area contributed by atoms with Gasteiger partial charge in [-0.05, 0) is 68.9 Å². The molecule has 1 saturated carbocycles. The van der Waals surface area contributed by atoms with Gasteiger partial charge in [-0.3, -0.25) is 9.59 Å². The highest BCUT2D eigenvalue weighted by Crippen LogP contribution is 2.39. The monoisotopic (exact) mass is 478 g/mol. The minimum absolute atomic E-state index is 0.0835. The van der Waals surface area contributed by atoms with Crippen molar-refractivity contribution >= 4 is 35.3 Å². The molecule has 2 amide bonds. The number of carbonyl (C=O) groups excluding carboxylic acids is 2. The number of amides is 2. The number of benzene rings is 2. The number of fused-ring (bicyclic) bond motifs is 1. The van der Waals surface area contributed by atoms with Crippen LogP contribution in [0.3, 0.4) is 0 Å². The maximum absolute atomic E-state index is 12.9. The maximum atomic E-state index is 12.9. The van der Waals surface area contributed by atoms with Crippen LogP contribution in [0.25, 0.3) is 6.08 Å². The SMILES string of the molecule is CCC(C)[NH+](CCNC(=O)c1ccc2c(c1)NC(=O)C(=Cc1ccccc1)S2)C1CCCCC1. The van der Waals surface area contributed by atoms with Crippen LogP contribution in [0.2, 0.25) is 0 Å². The van der Waals surface area contributed by atoms with E-state index < -0.39 is 0 Å². The third-order valence-corrected chi connectivity index (χ3v) is 8.20. The average molecular weight is 479 g/mol. The zero-order chi connectivity index (χ0) is 23.9. The summed E-state index contributed by atoms with van der Waals surface area (Å²) in [6.45, 7) is 6.20. The molecule has 180 valence electrons. The molecule has 2 atom stereocenters. The molecule has 0 bridgehead atoms. The number of rotatable bonds is 8. The molecule has 1 heterocycles. The fourth-order valence-electron chi connectivity index (χ4n) is 5.01. The van der Waals surface area contributed by atoms with E-state index in [1.807, 2.05) is 48.5 Å². The molecule has 0 saturated heterocycles. The first kappa shape index (κ1) is 24.6. The van der Waals surface area contributed by atoms with Crippen LogP contribution in [0.1, 0.15) is 68.3 Å². The van der Waals surface area contributed by atoms with E-state index in [1.165, 1.54) is 43.9 Å². The Balaban J connectivity index is 1.37. The molecule has 2 aromatic rings. The summed E-state index contributed by atoms with van der Waals surface area (Å²) in [6, 6.07) is 16.7. The van der Waals surface area contributed by atoms with Gasteiger partial charge in [0, 0.05) is 10.5 Å². The van der Waals surface area contributed by atoms with Gasteiger partial charge in [-0.1, -0.05) is 55.4 Å². The molecule has 0 radical (unpaired) electrons. The van der Waals surface area contributed by atoms with Gasteiger partial charge in [0.25, 0.3) is 11.8 Å². The lowest BCUT2D eigenvalue weighted by Crippen LogP contribution is -3.19. The highest BCUT2D eigenvalue weighted by atomic mass is 32.2. The van der Waals surface area contributed by atoms with Crippen molar-refractivity contribution in [2.45, 2.75) is 69.4 Å². The fourth-order valence-corrected chi connectivity index (χ4v) is 5.94. The van der Waals surface area contributed by atoms with E-state index in [2.05, 4.69) is 24.5 Å². The Hall–Kier alpha value is -2.57. The Morgan fingerprint density at radius 1 is 1.18 bits per heavy atom. The van der Waals surface area contributed by atoms with Gasteiger partial charge in [-0.2, -0.15) is 0 Å². The van der Waals surface area contributed by atoms with Crippen molar-refractivity contribution in [2.24, 2.45) is 0 Å². The summed E-state index contributed by atoms with van der Waals surface area (Å²) in [5.74, 6) is -0.223. The van der Waals surface area contributed by atoms with E-state index in [-0.39, 0.29) is 11.8 Å². The van der Waals surface area contributed by atoms with E-state index in [9.17, 15) is 9.59 Å². The molecular formula is C28H36N3O2S+. The molecule has 2 unspecified atom stereocenters. The van der Waals surface area contributed by atoms with Gasteiger partial charge >= 0.3 is 0 Å². The van der Waals surface area contributed by atoms with Crippen LogP contribution in [-0.2, 0) is 4.79 Å². The topological polar surface area (TPSA) is 62.6 Å². The molecule has 5 nitrogen and oxygen atoms in total. The molecule has 1 fully saturated rings. The van der Waals surface area contributed by atoms with Crippen molar-refractivity contribution in [3.8, 4) is 0 Å². The van der Waals surface area contributed by atoms with Crippen molar-refractivity contribution in [2.75, 3.05) is 18.4 Å². The predicted molar refractivity (Wildman–Crippen MR) is 140 cm³/mol. The van der Waals surface area contributed by atoms with Crippen molar-refractivity contribution in [3.05, 3.63) is 64.6 Å². The molecule has 1 aliphatic heterocycles. The van der Waals surface area contributed by atoms with Crippen LogP contribution in [0.15, 0.2) is 58.3 Å². The lowest BCUT2D eigenvalue weighted by molar-refractivity contribution is -0.948. The summed E-state index contributed by atoms with van der Waals surface area (Å²) >= 11 is 1.44. The third kappa shape index (κ3) is 6.10. The van der Waals surface area contributed by atoms with Gasteiger partial charge in [0.2, 0.25) is 0 Å². The largest absolute Gasteiger partial charge is 0.346 e. The Kier molecular flexibility index (Phi) is 8.46. The van der Waals surface area contributed by atoms with Crippen LogP contribution >= 0.6 is 11.8 Å². The third-order valence-electron chi connectivity index (χ3n) is 7.11. The van der Waals surface area contributed by atoms with Crippen LogP contribution < -0.4 is 15.5 Å². The lowest BCUT2D eigenvalue weighted by Gasteiger charge is -2.35. The molecule has 2 aliphatic rings. The number of nitrogens with one attached hydrogen (secondary N) is 3. The van der Waals surface area contributed by atoms with Gasteiger partial charge in [-0.15, -0.1) is 0 Å². The molecular weight excluding hydrogens is 442 g/mol. The second-order valence-electron chi connectivity index (χ2n) is 9.41.